The highest BCUT2D eigenvalue weighted by molar-refractivity contribution is 5.93. The average molecular weight is 324 g/mol. The molecule has 1 aliphatic rings. The molecular formula is C17H20N6O. The molecule has 0 spiro atoms. The average Bonchev–Trinajstić information content (AvgIpc) is 3.04. The molecule has 0 aromatic carbocycles. The predicted molar refractivity (Wildman–Crippen MR) is 88.9 cm³/mol. The second-order valence-electron chi connectivity index (χ2n) is 5.94. The quantitative estimate of drug-likeness (QED) is 0.867. The van der Waals surface area contributed by atoms with Crippen molar-refractivity contribution < 1.29 is 4.79 Å². The van der Waals surface area contributed by atoms with E-state index < -0.39 is 5.92 Å². The number of hydrogen-bond acceptors (Lipinski definition) is 5. The van der Waals surface area contributed by atoms with Gasteiger partial charge in [-0.05, 0) is 49.5 Å². The normalized spacial score (nSPS) is 16.3. The van der Waals surface area contributed by atoms with Crippen molar-refractivity contribution in [2.45, 2.75) is 19.4 Å². The second-order valence-corrected chi connectivity index (χ2v) is 5.94. The third kappa shape index (κ3) is 3.97. The molecule has 3 heterocycles. The maximum atomic E-state index is 12.4. The summed E-state index contributed by atoms with van der Waals surface area (Å²) in [5.74, 6) is -0.311. The van der Waals surface area contributed by atoms with E-state index in [0.29, 0.717) is 12.4 Å². The van der Waals surface area contributed by atoms with E-state index in [2.05, 4.69) is 26.8 Å². The minimum atomic E-state index is -0.627. The maximum Gasteiger partial charge on any atom is 0.243 e. The lowest BCUT2D eigenvalue weighted by Crippen LogP contribution is -2.36. The van der Waals surface area contributed by atoms with Gasteiger partial charge in [0.1, 0.15) is 5.92 Å². The van der Waals surface area contributed by atoms with E-state index in [-0.39, 0.29) is 11.8 Å². The van der Waals surface area contributed by atoms with Crippen molar-refractivity contribution in [2.24, 2.45) is 11.8 Å². The number of carbonyl (C=O) groups is 1. The molecule has 1 amide bonds. The number of carbonyl (C=O) groups excluding carboxylic acids is 1. The molecule has 1 aliphatic heterocycles. The van der Waals surface area contributed by atoms with Gasteiger partial charge in [-0.25, -0.2) is 0 Å². The van der Waals surface area contributed by atoms with E-state index in [1.807, 2.05) is 18.3 Å². The number of nitrogens with one attached hydrogen (secondary N) is 2. The van der Waals surface area contributed by atoms with Gasteiger partial charge < -0.3 is 10.6 Å². The molecule has 0 aliphatic carbocycles. The number of amides is 1. The van der Waals surface area contributed by atoms with Crippen molar-refractivity contribution in [1.29, 1.82) is 5.26 Å². The van der Waals surface area contributed by atoms with Crippen molar-refractivity contribution in [3.8, 4) is 6.07 Å². The second kappa shape index (κ2) is 7.70. The van der Waals surface area contributed by atoms with E-state index in [4.69, 9.17) is 0 Å². The Kier molecular flexibility index (Phi) is 5.18. The maximum absolute atomic E-state index is 12.4. The number of hydrogen-bond donors (Lipinski definition) is 2. The van der Waals surface area contributed by atoms with Gasteiger partial charge in [-0.15, -0.1) is 0 Å². The van der Waals surface area contributed by atoms with Gasteiger partial charge in [0.05, 0.1) is 12.6 Å². The zero-order chi connectivity index (χ0) is 16.8. The van der Waals surface area contributed by atoms with Crippen LogP contribution in [0, 0.1) is 23.2 Å². The van der Waals surface area contributed by atoms with Gasteiger partial charge in [-0.1, -0.05) is 0 Å². The first-order chi connectivity index (χ1) is 11.8. The Balaban J connectivity index is 1.61. The predicted octanol–water partition coefficient (Wildman–Crippen LogP) is 1.40. The van der Waals surface area contributed by atoms with Crippen LogP contribution in [0.25, 0.3) is 0 Å². The minimum Gasteiger partial charge on any atom is -0.317 e. The van der Waals surface area contributed by atoms with Gasteiger partial charge in [-0.3, -0.25) is 14.5 Å². The number of piperidine rings is 1. The van der Waals surface area contributed by atoms with Gasteiger partial charge in [0.2, 0.25) is 5.91 Å². The van der Waals surface area contributed by atoms with Crippen molar-refractivity contribution in [3.05, 3.63) is 42.4 Å². The summed E-state index contributed by atoms with van der Waals surface area (Å²) >= 11 is 0. The Morgan fingerprint density at radius 1 is 1.38 bits per heavy atom. The van der Waals surface area contributed by atoms with E-state index in [1.54, 1.807) is 23.1 Å². The molecule has 1 saturated heterocycles. The third-order valence-electron chi connectivity index (χ3n) is 4.26. The topological polar surface area (TPSA) is 95.6 Å². The summed E-state index contributed by atoms with van der Waals surface area (Å²) in [7, 11) is 0. The summed E-state index contributed by atoms with van der Waals surface area (Å²) in [6, 6.07) is 7.74. The molecule has 24 heavy (non-hydrogen) atoms. The highest BCUT2D eigenvalue weighted by Gasteiger charge is 2.29. The summed E-state index contributed by atoms with van der Waals surface area (Å²) in [5, 5.41) is 19.7. The van der Waals surface area contributed by atoms with Gasteiger partial charge in [0, 0.05) is 24.7 Å². The Hall–Kier alpha value is -2.72. The number of nitrogens with zero attached hydrogens (tertiary/aromatic N) is 4. The largest absolute Gasteiger partial charge is 0.317 e. The van der Waals surface area contributed by atoms with Gasteiger partial charge in [-0.2, -0.15) is 10.4 Å². The van der Waals surface area contributed by atoms with Crippen LogP contribution in [0.1, 0.15) is 18.4 Å². The molecule has 3 rings (SSSR count). The molecule has 1 unspecified atom stereocenters. The molecule has 124 valence electrons. The fourth-order valence-electron chi connectivity index (χ4n) is 2.95. The molecule has 2 N–H and O–H groups in total. The lowest BCUT2D eigenvalue weighted by molar-refractivity contribution is -0.119. The molecule has 2 aromatic heterocycles. The molecule has 0 saturated carbocycles. The van der Waals surface area contributed by atoms with Crippen LogP contribution in [-0.2, 0) is 11.3 Å². The van der Waals surface area contributed by atoms with E-state index >= 15 is 0 Å². The number of nitriles is 1. The lowest BCUT2D eigenvalue weighted by Gasteiger charge is -2.25. The molecule has 1 atom stereocenters. The van der Waals surface area contributed by atoms with Crippen LogP contribution in [-0.4, -0.2) is 33.8 Å². The first kappa shape index (κ1) is 16.1. The first-order valence-electron chi connectivity index (χ1n) is 8.10. The van der Waals surface area contributed by atoms with Crippen LogP contribution < -0.4 is 10.6 Å². The molecule has 2 aromatic rings. The van der Waals surface area contributed by atoms with Crippen molar-refractivity contribution in [1.82, 2.24) is 20.1 Å². The first-order valence-corrected chi connectivity index (χ1v) is 8.10. The number of pyridine rings is 1. The zero-order valence-electron chi connectivity index (χ0n) is 13.4. The highest BCUT2D eigenvalue weighted by atomic mass is 16.2. The van der Waals surface area contributed by atoms with Gasteiger partial charge in [0.25, 0.3) is 0 Å². The van der Waals surface area contributed by atoms with E-state index in [0.717, 1.165) is 31.5 Å². The fourth-order valence-corrected chi connectivity index (χ4v) is 2.95. The molecular weight excluding hydrogens is 304 g/mol. The summed E-state index contributed by atoms with van der Waals surface area (Å²) in [4.78, 5) is 16.4. The summed E-state index contributed by atoms with van der Waals surface area (Å²) < 4.78 is 1.75. The van der Waals surface area contributed by atoms with Crippen molar-refractivity contribution in [3.63, 3.8) is 0 Å². The van der Waals surface area contributed by atoms with Crippen LogP contribution in [0.5, 0.6) is 0 Å². The summed E-state index contributed by atoms with van der Waals surface area (Å²) in [6.45, 7) is 2.32. The van der Waals surface area contributed by atoms with Gasteiger partial charge >= 0.3 is 0 Å². The summed E-state index contributed by atoms with van der Waals surface area (Å²) in [5.41, 5.74) is 1.08. The van der Waals surface area contributed by atoms with Crippen LogP contribution in [0.3, 0.4) is 0 Å². The number of rotatable bonds is 5. The molecule has 7 nitrogen and oxygen atoms in total. The highest BCUT2D eigenvalue weighted by Crippen LogP contribution is 2.22. The Labute approximate surface area is 140 Å². The Bertz CT molecular complexity index is 714. The SMILES string of the molecule is N#CC(C(=O)Nc1ccn(Cc2ccncc2)n1)C1CCNCC1. The molecule has 1 fully saturated rings. The molecule has 0 bridgehead atoms. The number of aromatic nitrogens is 3. The van der Waals surface area contributed by atoms with Crippen molar-refractivity contribution in [2.75, 3.05) is 18.4 Å². The molecule has 7 heteroatoms. The monoisotopic (exact) mass is 324 g/mol. The van der Waals surface area contributed by atoms with Crippen LogP contribution in [0.4, 0.5) is 5.82 Å². The van der Waals surface area contributed by atoms with E-state index in [1.165, 1.54) is 0 Å². The number of anilines is 1. The molecule has 0 radical (unpaired) electrons. The van der Waals surface area contributed by atoms with Crippen LogP contribution in [0.15, 0.2) is 36.8 Å². The fraction of sp³-hybridized carbons (Fsp3) is 0.412. The Morgan fingerprint density at radius 3 is 2.83 bits per heavy atom. The van der Waals surface area contributed by atoms with Crippen molar-refractivity contribution >= 4 is 11.7 Å². The third-order valence-corrected chi connectivity index (χ3v) is 4.26. The van der Waals surface area contributed by atoms with Crippen LogP contribution >= 0.6 is 0 Å². The van der Waals surface area contributed by atoms with Gasteiger partial charge in [0.15, 0.2) is 5.82 Å². The minimum absolute atomic E-state index is 0.107. The Morgan fingerprint density at radius 2 is 2.12 bits per heavy atom. The van der Waals surface area contributed by atoms with Crippen LogP contribution in [0.2, 0.25) is 0 Å². The standard InChI is InChI=1S/C17H20N6O/c18-11-15(14-3-8-20-9-4-14)17(24)21-16-5-10-23(22-16)12-13-1-6-19-7-2-13/h1-2,5-7,10,14-15,20H,3-4,8-9,12H2,(H,21,22,24). The van der Waals surface area contributed by atoms with E-state index in [9.17, 15) is 10.1 Å². The summed E-state index contributed by atoms with van der Waals surface area (Å²) in [6.07, 6.45) is 6.97. The zero-order valence-corrected chi connectivity index (χ0v) is 13.4. The lowest BCUT2D eigenvalue weighted by atomic mass is 9.85. The smallest absolute Gasteiger partial charge is 0.243 e.